The SMILES string of the molecule is CCc1cc2c(N(C)CCC(=O)O)ncnc2s1. The zero-order valence-electron chi connectivity index (χ0n) is 10.4. The molecule has 0 bridgehead atoms. The van der Waals surface area contributed by atoms with Gasteiger partial charge in [-0.15, -0.1) is 11.3 Å². The van der Waals surface area contributed by atoms with Crippen LogP contribution >= 0.6 is 11.3 Å². The zero-order valence-corrected chi connectivity index (χ0v) is 11.2. The molecule has 0 saturated carbocycles. The van der Waals surface area contributed by atoms with Gasteiger partial charge in [-0.1, -0.05) is 6.92 Å². The Kier molecular flexibility index (Phi) is 3.76. The number of hydrogen-bond acceptors (Lipinski definition) is 5. The van der Waals surface area contributed by atoms with E-state index >= 15 is 0 Å². The van der Waals surface area contributed by atoms with Gasteiger partial charge in [-0.2, -0.15) is 0 Å². The predicted octanol–water partition coefficient (Wildman–Crippen LogP) is 2.16. The van der Waals surface area contributed by atoms with Crippen molar-refractivity contribution in [2.24, 2.45) is 0 Å². The van der Waals surface area contributed by atoms with Crippen molar-refractivity contribution in [2.75, 3.05) is 18.5 Å². The van der Waals surface area contributed by atoms with Gasteiger partial charge in [0.1, 0.15) is 17.0 Å². The van der Waals surface area contributed by atoms with E-state index in [1.807, 2.05) is 11.9 Å². The molecule has 2 aromatic heterocycles. The van der Waals surface area contributed by atoms with Crippen LogP contribution < -0.4 is 4.90 Å². The zero-order chi connectivity index (χ0) is 13.1. The third kappa shape index (κ3) is 2.59. The quantitative estimate of drug-likeness (QED) is 0.897. The molecule has 0 amide bonds. The van der Waals surface area contributed by atoms with Gasteiger partial charge in [-0.25, -0.2) is 9.97 Å². The highest BCUT2D eigenvalue weighted by Crippen LogP contribution is 2.29. The Morgan fingerprint density at radius 3 is 2.94 bits per heavy atom. The molecule has 18 heavy (non-hydrogen) atoms. The van der Waals surface area contributed by atoms with Crippen LogP contribution in [0.3, 0.4) is 0 Å². The highest BCUT2D eigenvalue weighted by molar-refractivity contribution is 7.18. The average molecular weight is 265 g/mol. The van der Waals surface area contributed by atoms with Crippen molar-refractivity contribution in [3.8, 4) is 0 Å². The first-order valence-electron chi connectivity index (χ1n) is 5.78. The van der Waals surface area contributed by atoms with Crippen molar-refractivity contribution in [3.05, 3.63) is 17.3 Å². The molecule has 0 saturated heterocycles. The topological polar surface area (TPSA) is 66.3 Å². The molecule has 0 radical (unpaired) electrons. The molecule has 0 aromatic carbocycles. The number of rotatable bonds is 5. The van der Waals surface area contributed by atoms with Crippen LogP contribution in [0.1, 0.15) is 18.2 Å². The molecular formula is C12H15N3O2S. The van der Waals surface area contributed by atoms with Gasteiger partial charge >= 0.3 is 5.97 Å². The summed E-state index contributed by atoms with van der Waals surface area (Å²) in [6.45, 7) is 2.55. The molecule has 96 valence electrons. The Hall–Kier alpha value is -1.69. The average Bonchev–Trinajstić information content (AvgIpc) is 2.78. The van der Waals surface area contributed by atoms with Gasteiger partial charge in [0.25, 0.3) is 0 Å². The van der Waals surface area contributed by atoms with Crippen molar-refractivity contribution in [1.82, 2.24) is 9.97 Å². The fourth-order valence-electron chi connectivity index (χ4n) is 1.74. The molecule has 2 rings (SSSR count). The Morgan fingerprint density at radius 2 is 2.28 bits per heavy atom. The van der Waals surface area contributed by atoms with E-state index < -0.39 is 5.97 Å². The van der Waals surface area contributed by atoms with E-state index in [0.717, 1.165) is 22.5 Å². The number of anilines is 1. The summed E-state index contributed by atoms with van der Waals surface area (Å²) in [6, 6.07) is 2.09. The highest BCUT2D eigenvalue weighted by atomic mass is 32.1. The summed E-state index contributed by atoms with van der Waals surface area (Å²) in [5, 5.41) is 9.71. The van der Waals surface area contributed by atoms with Crippen LogP contribution in [0.4, 0.5) is 5.82 Å². The van der Waals surface area contributed by atoms with Crippen molar-refractivity contribution in [3.63, 3.8) is 0 Å². The number of aliphatic carboxylic acids is 1. The summed E-state index contributed by atoms with van der Waals surface area (Å²) in [4.78, 5) is 23.2. The molecule has 0 spiro atoms. The minimum atomic E-state index is -0.799. The molecule has 5 nitrogen and oxygen atoms in total. The van der Waals surface area contributed by atoms with E-state index in [9.17, 15) is 4.79 Å². The smallest absolute Gasteiger partial charge is 0.305 e. The highest BCUT2D eigenvalue weighted by Gasteiger charge is 2.12. The number of fused-ring (bicyclic) bond motifs is 1. The number of carboxylic acids is 1. The maximum atomic E-state index is 10.6. The van der Waals surface area contributed by atoms with Gasteiger partial charge in [0.2, 0.25) is 0 Å². The monoisotopic (exact) mass is 265 g/mol. The van der Waals surface area contributed by atoms with E-state index in [1.54, 1.807) is 11.3 Å². The lowest BCUT2D eigenvalue weighted by molar-refractivity contribution is -0.136. The van der Waals surface area contributed by atoms with Crippen LogP contribution in [-0.2, 0) is 11.2 Å². The predicted molar refractivity (Wildman–Crippen MR) is 72.3 cm³/mol. The first-order chi connectivity index (χ1) is 8.61. The summed E-state index contributed by atoms with van der Waals surface area (Å²) in [7, 11) is 1.86. The fourth-order valence-corrected chi connectivity index (χ4v) is 2.67. The molecule has 0 aliphatic rings. The molecule has 2 heterocycles. The van der Waals surface area contributed by atoms with Crippen molar-refractivity contribution in [1.29, 1.82) is 0 Å². The molecule has 1 N–H and O–H groups in total. The second kappa shape index (κ2) is 5.30. The second-order valence-corrected chi connectivity index (χ2v) is 5.16. The fraction of sp³-hybridized carbons (Fsp3) is 0.417. The van der Waals surface area contributed by atoms with Crippen LogP contribution in [0, 0.1) is 0 Å². The Balaban J connectivity index is 2.31. The van der Waals surface area contributed by atoms with Gasteiger partial charge in [-0.3, -0.25) is 4.79 Å². The molecule has 0 fully saturated rings. The van der Waals surface area contributed by atoms with E-state index in [4.69, 9.17) is 5.11 Å². The lowest BCUT2D eigenvalue weighted by atomic mass is 10.3. The summed E-state index contributed by atoms with van der Waals surface area (Å²) in [5.41, 5.74) is 0. The summed E-state index contributed by atoms with van der Waals surface area (Å²) >= 11 is 1.66. The van der Waals surface area contributed by atoms with Crippen molar-refractivity contribution < 1.29 is 9.90 Å². The van der Waals surface area contributed by atoms with Crippen molar-refractivity contribution >= 4 is 33.3 Å². The molecule has 0 unspecified atom stereocenters. The van der Waals surface area contributed by atoms with Crippen LogP contribution in [0.5, 0.6) is 0 Å². The number of thiophene rings is 1. The molecule has 0 aliphatic heterocycles. The Labute approximate surface area is 109 Å². The number of carbonyl (C=O) groups is 1. The van der Waals surface area contributed by atoms with E-state index in [1.165, 1.54) is 11.2 Å². The minimum Gasteiger partial charge on any atom is -0.481 e. The van der Waals surface area contributed by atoms with Crippen LogP contribution in [0.25, 0.3) is 10.2 Å². The maximum absolute atomic E-state index is 10.6. The first-order valence-corrected chi connectivity index (χ1v) is 6.59. The lowest BCUT2D eigenvalue weighted by Gasteiger charge is -2.17. The summed E-state index contributed by atoms with van der Waals surface area (Å²) < 4.78 is 0. The van der Waals surface area contributed by atoms with E-state index in [2.05, 4.69) is 23.0 Å². The first kappa shape index (κ1) is 12.8. The largest absolute Gasteiger partial charge is 0.481 e. The van der Waals surface area contributed by atoms with Gasteiger partial charge in [-0.05, 0) is 12.5 Å². The third-order valence-electron chi connectivity index (χ3n) is 2.73. The lowest BCUT2D eigenvalue weighted by Crippen LogP contribution is -2.22. The maximum Gasteiger partial charge on any atom is 0.305 e. The normalized spacial score (nSPS) is 10.8. The summed E-state index contributed by atoms with van der Waals surface area (Å²) in [6.07, 6.45) is 2.61. The number of aryl methyl sites for hydroxylation is 1. The van der Waals surface area contributed by atoms with Crippen LogP contribution in [-0.4, -0.2) is 34.6 Å². The van der Waals surface area contributed by atoms with Gasteiger partial charge in [0.15, 0.2) is 0 Å². The molecule has 0 atom stereocenters. The van der Waals surface area contributed by atoms with Crippen LogP contribution in [0.15, 0.2) is 12.4 Å². The van der Waals surface area contributed by atoms with E-state index in [-0.39, 0.29) is 6.42 Å². The molecule has 0 aliphatic carbocycles. The number of nitrogens with zero attached hydrogens (tertiary/aromatic N) is 3. The third-order valence-corrected chi connectivity index (χ3v) is 3.92. The van der Waals surface area contributed by atoms with Crippen LogP contribution in [0.2, 0.25) is 0 Å². The standard InChI is InChI=1S/C12H15N3O2S/c1-3-8-6-9-11(13-7-14-12(9)18-8)15(2)5-4-10(16)17/h6-7H,3-5H2,1-2H3,(H,16,17). The number of hydrogen-bond donors (Lipinski definition) is 1. The minimum absolute atomic E-state index is 0.104. The summed E-state index contributed by atoms with van der Waals surface area (Å²) in [5.74, 6) is 0.00363. The van der Waals surface area contributed by atoms with E-state index in [0.29, 0.717) is 6.54 Å². The Bertz CT molecular complexity index is 567. The number of aromatic nitrogens is 2. The molecular weight excluding hydrogens is 250 g/mol. The van der Waals surface area contributed by atoms with Crippen molar-refractivity contribution in [2.45, 2.75) is 19.8 Å². The van der Waals surface area contributed by atoms with Gasteiger partial charge in [0, 0.05) is 18.5 Å². The number of carboxylic acid groups (broad SMARTS) is 1. The molecule has 6 heteroatoms. The van der Waals surface area contributed by atoms with Gasteiger partial charge < -0.3 is 10.0 Å². The van der Waals surface area contributed by atoms with Gasteiger partial charge in [0.05, 0.1) is 11.8 Å². The Morgan fingerprint density at radius 1 is 1.50 bits per heavy atom. The molecule has 2 aromatic rings. The second-order valence-electron chi connectivity index (χ2n) is 4.05.